The van der Waals surface area contributed by atoms with Crippen molar-refractivity contribution in [2.75, 3.05) is 6.61 Å². The van der Waals surface area contributed by atoms with Gasteiger partial charge in [0.25, 0.3) is 0 Å². The van der Waals surface area contributed by atoms with Crippen molar-refractivity contribution in [3.8, 4) is 0 Å². The molecule has 1 aliphatic rings. The summed E-state index contributed by atoms with van der Waals surface area (Å²) in [4.78, 5) is 23.2. The van der Waals surface area contributed by atoms with Gasteiger partial charge in [0.05, 0.1) is 0 Å². The number of hydrogen-bond acceptors (Lipinski definition) is 4. The van der Waals surface area contributed by atoms with Gasteiger partial charge in [-0.05, 0) is 11.6 Å². The Morgan fingerprint density at radius 2 is 2.00 bits per heavy atom. The van der Waals surface area contributed by atoms with Gasteiger partial charge in [-0.15, -0.1) is 0 Å². The molecule has 0 aromatic heterocycles. The molecule has 4 heteroatoms. The van der Waals surface area contributed by atoms with E-state index in [0.717, 1.165) is 5.56 Å². The van der Waals surface area contributed by atoms with Gasteiger partial charge in [-0.25, -0.2) is 0 Å². The Labute approximate surface area is 105 Å². The number of esters is 1. The van der Waals surface area contributed by atoms with Crippen LogP contribution in [0, 0.1) is 0 Å². The fourth-order valence-corrected chi connectivity index (χ4v) is 2.08. The van der Waals surface area contributed by atoms with Gasteiger partial charge in [-0.2, -0.15) is 0 Å². The molecule has 0 saturated carbocycles. The molecule has 1 aliphatic carbocycles. The Morgan fingerprint density at radius 1 is 1.33 bits per heavy atom. The number of hydrogen-bond donors (Lipinski definition) is 1. The van der Waals surface area contributed by atoms with E-state index in [1.54, 1.807) is 6.08 Å². The van der Waals surface area contributed by atoms with E-state index < -0.39 is 11.6 Å². The van der Waals surface area contributed by atoms with Crippen LogP contribution in [-0.2, 0) is 14.3 Å². The minimum Gasteiger partial charge on any atom is -0.446 e. The molecule has 94 valence electrons. The van der Waals surface area contributed by atoms with Gasteiger partial charge in [0, 0.05) is 25.5 Å². The molecule has 1 atom stereocenters. The summed E-state index contributed by atoms with van der Waals surface area (Å²) in [6.07, 6.45) is 1.71. The number of rotatable bonds is 4. The van der Waals surface area contributed by atoms with Gasteiger partial charge < -0.3 is 9.84 Å². The molecule has 4 nitrogen and oxygen atoms in total. The molecule has 1 aromatic rings. The first-order valence-electron chi connectivity index (χ1n) is 5.72. The van der Waals surface area contributed by atoms with E-state index in [1.807, 2.05) is 30.3 Å². The molecule has 0 aliphatic heterocycles. The highest BCUT2D eigenvalue weighted by Crippen LogP contribution is 2.38. The third-order valence-corrected chi connectivity index (χ3v) is 2.90. The fourth-order valence-electron chi connectivity index (χ4n) is 2.08. The van der Waals surface area contributed by atoms with Crippen LogP contribution in [0.2, 0.25) is 0 Å². The summed E-state index contributed by atoms with van der Waals surface area (Å²) in [5, 5.41) is 8.98. The van der Waals surface area contributed by atoms with Crippen molar-refractivity contribution in [2.45, 2.75) is 18.9 Å². The van der Waals surface area contributed by atoms with Gasteiger partial charge in [-0.1, -0.05) is 30.3 Å². The van der Waals surface area contributed by atoms with Crippen molar-refractivity contribution in [1.82, 2.24) is 0 Å². The van der Waals surface area contributed by atoms with Crippen molar-refractivity contribution in [3.05, 3.63) is 42.0 Å². The van der Waals surface area contributed by atoms with Crippen LogP contribution < -0.4 is 0 Å². The molecule has 1 N–H and O–H groups in total. The van der Waals surface area contributed by atoms with Crippen LogP contribution in [-0.4, -0.2) is 29.1 Å². The zero-order chi connectivity index (χ0) is 13.2. The third-order valence-electron chi connectivity index (χ3n) is 2.90. The molecule has 0 saturated heterocycles. The molecule has 0 spiro atoms. The van der Waals surface area contributed by atoms with Crippen LogP contribution in [0.4, 0.5) is 0 Å². The maximum absolute atomic E-state index is 12.2. The summed E-state index contributed by atoms with van der Waals surface area (Å²) < 4.78 is 5.05. The fraction of sp³-hybridized carbons (Fsp3) is 0.286. The Hall–Kier alpha value is -1.94. The number of Topliss-reactive ketones (excluding diaryl/α,β-unsaturated/α-hetero) is 1. The summed E-state index contributed by atoms with van der Waals surface area (Å²) in [5.41, 5.74) is 0.0553. The van der Waals surface area contributed by atoms with E-state index in [4.69, 9.17) is 9.84 Å². The first-order chi connectivity index (χ1) is 8.59. The van der Waals surface area contributed by atoms with E-state index in [0.29, 0.717) is 5.57 Å². The first-order valence-corrected chi connectivity index (χ1v) is 5.72. The Morgan fingerprint density at radius 3 is 2.50 bits per heavy atom. The second-order valence-electron chi connectivity index (χ2n) is 4.21. The monoisotopic (exact) mass is 246 g/mol. The lowest BCUT2D eigenvalue weighted by Gasteiger charge is -2.36. The number of aliphatic hydroxyl groups excluding tert-OH is 1. The van der Waals surface area contributed by atoms with Crippen LogP contribution in [0.1, 0.15) is 18.9 Å². The molecule has 0 bridgehead atoms. The van der Waals surface area contributed by atoms with Gasteiger partial charge in [0.1, 0.15) is 0 Å². The SMILES string of the molecule is CC(=O)OC1(CCO)C=C(c2ccccc2)C1=O. The first kappa shape index (κ1) is 12.5. The number of aliphatic hydroxyl groups is 1. The Kier molecular flexibility index (Phi) is 3.30. The molecule has 0 heterocycles. The molecule has 1 unspecified atom stereocenters. The third kappa shape index (κ3) is 2.07. The summed E-state index contributed by atoms with van der Waals surface area (Å²) >= 11 is 0. The lowest BCUT2D eigenvalue weighted by molar-refractivity contribution is -0.161. The quantitative estimate of drug-likeness (QED) is 0.814. The normalized spacial score (nSPS) is 22.1. The minimum absolute atomic E-state index is 0.0990. The highest BCUT2D eigenvalue weighted by molar-refractivity contribution is 6.32. The van der Waals surface area contributed by atoms with Crippen molar-refractivity contribution >= 4 is 17.3 Å². The Balaban J connectivity index is 2.30. The topological polar surface area (TPSA) is 63.6 Å². The predicted molar refractivity (Wildman–Crippen MR) is 65.6 cm³/mol. The van der Waals surface area contributed by atoms with Crippen molar-refractivity contribution in [2.24, 2.45) is 0 Å². The highest BCUT2D eigenvalue weighted by Gasteiger charge is 2.49. The zero-order valence-electron chi connectivity index (χ0n) is 10.1. The molecular formula is C14H14O4. The summed E-state index contributed by atoms with van der Waals surface area (Å²) in [5.74, 6) is -0.780. The molecule has 0 fully saturated rings. The highest BCUT2D eigenvalue weighted by atomic mass is 16.6. The maximum Gasteiger partial charge on any atom is 0.303 e. The van der Waals surface area contributed by atoms with E-state index in [-0.39, 0.29) is 18.8 Å². The average Bonchev–Trinajstić information content (AvgIpc) is 2.36. The average molecular weight is 246 g/mol. The molecule has 2 rings (SSSR count). The second-order valence-corrected chi connectivity index (χ2v) is 4.21. The minimum atomic E-state index is -1.27. The lowest BCUT2D eigenvalue weighted by Crippen LogP contribution is -2.49. The maximum atomic E-state index is 12.2. The van der Waals surface area contributed by atoms with Crippen molar-refractivity contribution < 1.29 is 19.4 Å². The van der Waals surface area contributed by atoms with Crippen LogP contribution in [0.3, 0.4) is 0 Å². The van der Waals surface area contributed by atoms with Crippen molar-refractivity contribution in [1.29, 1.82) is 0 Å². The van der Waals surface area contributed by atoms with Crippen LogP contribution in [0.15, 0.2) is 36.4 Å². The van der Waals surface area contributed by atoms with E-state index in [2.05, 4.69) is 0 Å². The number of ketones is 1. The smallest absolute Gasteiger partial charge is 0.303 e. The Bertz CT molecular complexity index is 504. The standard InChI is InChI=1S/C14H14O4/c1-10(16)18-14(7-8-15)9-12(13(14)17)11-5-3-2-4-6-11/h2-6,9,15H,7-8H2,1H3. The number of carbonyl (C=O) groups is 2. The predicted octanol–water partition coefficient (Wildman–Crippen LogP) is 1.34. The van der Waals surface area contributed by atoms with Gasteiger partial charge in [0.2, 0.25) is 5.78 Å². The molecule has 1 aromatic carbocycles. The summed E-state index contributed by atoms with van der Waals surface area (Å²) in [6, 6.07) is 9.17. The summed E-state index contributed by atoms with van der Waals surface area (Å²) in [7, 11) is 0. The van der Waals surface area contributed by atoms with Crippen LogP contribution >= 0.6 is 0 Å². The second kappa shape index (κ2) is 4.74. The molecule has 0 amide bonds. The largest absolute Gasteiger partial charge is 0.446 e. The number of benzene rings is 1. The zero-order valence-corrected chi connectivity index (χ0v) is 10.1. The van der Waals surface area contributed by atoms with Crippen LogP contribution in [0.25, 0.3) is 5.57 Å². The number of ether oxygens (including phenoxy) is 1. The summed E-state index contributed by atoms with van der Waals surface area (Å²) in [6.45, 7) is 1.04. The van der Waals surface area contributed by atoms with Crippen LogP contribution in [0.5, 0.6) is 0 Å². The van der Waals surface area contributed by atoms with Gasteiger partial charge in [0.15, 0.2) is 5.60 Å². The lowest BCUT2D eigenvalue weighted by atomic mass is 9.75. The van der Waals surface area contributed by atoms with E-state index >= 15 is 0 Å². The molecule has 0 radical (unpaired) electrons. The number of carbonyl (C=O) groups excluding carboxylic acids is 2. The molecule has 18 heavy (non-hydrogen) atoms. The van der Waals surface area contributed by atoms with E-state index in [1.165, 1.54) is 6.92 Å². The van der Waals surface area contributed by atoms with E-state index in [9.17, 15) is 9.59 Å². The van der Waals surface area contributed by atoms with Gasteiger partial charge in [-0.3, -0.25) is 9.59 Å². The van der Waals surface area contributed by atoms with Gasteiger partial charge >= 0.3 is 5.97 Å². The van der Waals surface area contributed by atoms with Crippen molar-refractivity contribution in [3.63, 3.8) is 0 Å². The molecular weight excluding hydrogens is 232 g/mol.